The van der Waals surface area contributed by atoms with Crippen molar-refractivity contribution in [3.8, 4) is 11.5 Å². The molecule has 0 unspecified atom stereocenters. The minimum atomic E-state index is -1.62. The fourth-order valence-electron chi connectivity index (χ4n) is 4.46. The average Bonchev–Trinajstić information content (AvgIpc) is 3.47. The highest BCUT2D eigenvalue weighted by atomic mass is 19.1. The first-order chi connectivity index (χ1) is 14.8. The summed E-state index contributed by atoms with van der Waals surface area (Å²) >= 11 is 0. The van der Waals surface area contributed by atoms with Crippen molar-refractivity contribution in [1.82, 2.24) is 9.88 Å². The third kappa shape index (κ3) is 3.54. The molecule has 0 spiro atoms. The van der Waals surface area contributed by atoms with Crippen LogP contribution in [0.1, 0.15) is 32.2 Å². The molecule has 1 aromatic heterocycles. The number of carboxylic acid groups (broad SMARTS) is 1. The van der Waals surface area contributed by atoms with Crippen LogP contribution in [0.15, 0.2) is 11.0 Å². The number of fused-ring (bicyclic) bond motifs is 1. The molecule has 1 saturated carbocycles. The van der Waals surface area contributed by atoms with Crippen LogP contribution in [0.5, 0.6) is 11.5 Å². The fraction of sp³-hybridized carbons (Fsp3) is 0.524. The first-order valence-electron chi connectivity index (χ1n) is 10.3. The number of hydrogen-bond acceptors (Lipinski definition) is 7. The molecule has 1 aromatic carbocycles. The maximum absolute atomic E-state index is 15.6. The minimum Gasteiger partial charge on any atom is -0.492 e. The van der Waals surface area contributed by atoms with Crippen molar-refractivity contribution < 1.29 is 23.8 Å². The molecule has 31 heavy (non-hydrogen) atoms. The Morgan fingerprint density at radius 3 is 2.68 bits per heavy atom. The van der Waals surface area contributed by atoms with Gasteiger partial charge < -0.3 is 35.1 Å². The van der Waals surface area contributed by atoms with Crippen molar-refractivity contribution in [3.05, 3.63) is 22.2 Å². The normalized spacial score (nSPS) is 19.6. The number of methoxy groups -OCH3 is 1. The maximum Gasteiger partial charge on any atom is 0.511 e. The molecule has 4 rings (SSSR count). The Morgan fingerprint density at radius 2 is 2.10 bits per heavy atom. The number of ether oxygens (including phenoxy) is 2. The fourth-order valence-corrected chi connectivity index (χ4v) is 4.46. The summed E-state index contributed by atoms with van der Waals surface area (Å²) in [6.07, 6.45) is 2.29. The van der Waals surface area contributed by atoms with Gasteiger partial charge in [0.25, 0.3) is 0 Å². The molecule has 2 heterocycles. The van der Waals surface area contributed by atoms with E-state index in [1.807, 2.05) is 11.9 Å². The van der Waals surface area contributed by atoms with Gasteiger partial charge in [-0.1, -0.05) is 0 Å². The first kappa shape index (κ1) is 21.2. The lowest BCUT2D eigenvalue weighted by atomic mass is 10.0. The van der Waals surface area contributed by atoms with E-state index in [0.29, 0.717) is 24.5 Å². The van der Waals surface area contributed by atoms with Gasteiger partial charge in [0.15, 0.2) is 17.3 Å². The largest absolute Gasteiger partial charge is 0.511 e. The van der Waals surface area contributed by atoms with Crippen molar-refractivity contribution in [3.63, 3.8) is 0 Å². The Hall–Kier alpha value is -3.01. The Morgan fingerprint density at radius 1 is 1.39 bits per heavy atom. The van der Waals surface area contributed by atoms with Crippen LogP contribution in [0, 0.1) is 11.7 Å². The molecule has 10 heteroatoms. The maximum atomic E-state index is 15.6. The second-order valence-electron chi connectivity index (χ2n) is 8.23. The summed E-state index contributed by atoms with van der Waals surface area (Å²) in [4.78, 5) is 26.0. The number of anilines is 2. The number of nitrogens with zero attached hydrogens (tertiary/aromatic N) is 2. The highest BCUT2D eigenvalue weighted by Crippen LogP contribution is 2.47. The third-order valence-corrected chi connectivity index (χ3v) is 6.39. The standard InChI is InChI=1S/C21H27FN4O5/c1-10(24-2)11-6-7-25(8-11)18-15(22)16(23)14-17(20(18)30-3)26(12-4-5-12)9-13(19(14)27)31-21(28)29/h9-12,24H,4-8,23H2,1-3H3,(H,28,29)/t10-,11-/m1/s1. The van der Waals surface area contributed by atoms with Crippen molar-refractivity contribution in [2.75, 3.05) is 37.9 Å². The molecule has 168 valence electrons. The molecule has 1 saturated heterocycles. The minimum absolute atomic E-state index is 0.0292. The number of rotatable bonds is 6. The van der Waals surface area contributed by atoms with E-state index in [4.69, 9.17) is 15.6 Å². The van der Waals surface area contributed by atoms with Crippen LogP contribution in [-0.4, -0.2) is 49.1 Å². The summed E-state index contributed by atoms with van der Waals surface area (Å²) < 4.78 is 27.7. The molecule has 1 aliphatic carbocycles. The molecule has 2 aliphatic rings. The van der Waals surface area contributed by atoms with Gasteiger partial charge >= 0.3 is 6.16 Å². The number of benzene rings is 1. The van der Waals surface area contributed by atoms with E-state index in [0.717, 1.165) is 19.3 Å². The van der Waals surface area contributed by atoms with Gasteiger partial charge in [0.05, 0.1) is 29.9 Å². The number of pyridine rings is 1. The number of nitrogen functional groups attached to an aromatic ring is 1. The summed E-state index contributed by atoms with van der Waals surface area (Å²) in [5, 5.41) is 12.1. The van der Waals surface area contributed by atoms with Crippen LogP contribution in [0.2, 0.25) is 0 Å². The number of hydrogen-bond donors (Lipinski definition) is 3. The lowest BCUT2D eigenvalue weighted by molar-refractivity contribution is 0.143. The smallest absolute Gasteiger partial charge is 0.492 e. The zero-order chi connectivity index (χ0) is 22.4. The van der Waals surface area contributed by atoms with Gasteiger partial charge in [-0.15, -0.1) is 0 Å². The lowest BCUT2D eigenvalue weighted by Crippen LogP contribution is -2.33. The summed E-state index contributed by atoms with van der Waals surface area (Å²) in [7, 11) is 3.33. The van der Waals surface area contributed by atoms with Crippen molar-refractivity contribution in [2.24, 2.45) is 5.92 Å². The Bertz CT molecular complexity index is 1100. The predicted octanol–water partition coefficient (Wildman–Crippen LogP) is 2.56. The second-order valence-corrected chi connectivity index (χ2v) is 8.23. The van der Waals surface area contributed by atoms with E-state index < -0.39 is 23.2 Å². The topological polar surface area (TPSA) is 119 Å². The van der Waals surface area contributed by atoms with Crippen LogP contribution in [-0.2, 0) is 0 Å². The zero-order valence-corrected chi connectivity index (χ0v) is 17.8. The lowest BCUT2D eigenvalue weighted by Gasteiger charge is -2.26. The summed E-state index contributed by atoms with van der Waals surface area (Å²) in [5.41, 5.74) is 5.63. The van der Waals surface area contributed by atoms with E-state index >= 15 is 4.39 Å². The highest BCUT2D eigenvalue weighted by Gasteiger charge is 2.35. The Balaban J connectivity index is 1.96. The summed E-state index contributed by atoms with van der Waals surface area (Å²) in [5.74, 6) is -0.598. The number of halogens is 1. The van der Waals surface area contributed by atoms with E-state index in [-0.39, 0.29) is 34.6 Å². The average molecular weight is 434 g/mol. The van der Waals surface area contributed by atoms with Gasteiger partial charge in [0.2, 0.25) is 5.43 Å². The van der Waals surface area contributed by atoms with Gasteiger partial charge in [0.1, 0.15) is 5.69 Å². The molecule has 2 atom stereocenters. The van der Waals surface area contributed by atoms with Crippen molar-refractivity contribution in [2.45, 2.75) is 38.3 Å². The summed E-state index contributed by atoms with van der Waals surface area (Å²) in [6.45, 7) is 3.34. The second kappa shape index (κ2) is 7.92. The van der Waals surface area contributed by atoms with E-state index in [1.165, 1.54) is 13.3 Å². The molecule has 2 fully saturated rings. The highest BCUT2D eigenvalue weighted by molar-refractivity contribution is 6.01. The van der Waals surface area contributed by atoms with Crippen molar-refractivity contribution in [1.29, 1.82) is 0 Å². The molecule has 1 aliphatic heterocycles. The first-order valence-corrected chi connectivity index (χ1v) is 10.3. The predicted molar refractivity (Wildman–Crippen MR) is 115 cm³/mol. The van der Waals surface area contributed by atoms with Crippen LogP contribution in [0.4, 0.5) is 20.6 Å². The molecule has 0 amide bonds. The third-order valence-electron chi connectivity index (χ3n) is 6.39. The zero-order valence-electron chi connectivity index (χ0n) is 17.8. The Kier molecular flexibility index (Phi) is 5.42. The van der Waals surface area contributed by atoms with Crippen molar-refractivity contribution >= 4 is 28.4 Å². The molecule has 9 nitrogen and oxygen atoms in total. The van der Waals surface area contributed by atoms with Gasteiger partial charge in [-0.25, -0.2) is 9.18 Å². The van der Waals surface area contributed by atoms with Crippen LogP contribution < -0.4 is 30.9 Å². The van der Waals surface area contributed by atoms with Gasteiger partial charge in [-0.3, -0.25) is 4.79 Å². The van der Waals surface area contributed by atoms with Crippen LogP contribution in [0.3, 0.4) is 0 Å². The van der Waals surface area contributed by atoms with Crippen LogP contribution >= 0.6 is 0 Å². The molecular weight excluding hydrogens is 407 g/mol. The monoisotopic (exact) mass is 434 g/mol. The molecule has 0 radical (unpaired) electrons. The SMILES string of the molecule is CN[C@H](C)[C@@H]1CCN(c2c(F)c(N)c3c(=O)c(OC(=O)O)cn(C4CC4)c3c2OC)C1. The number of carbonyl (C=O) groups is 1. The van der Waals surface area contributed by atoms with Gasteiger partial charge in [-0.2, -0.15) is 0 Å². The van der Waals surface area contributed by atoms with E-state index in [2.05, 4.69) is 17.0 Å². The van der Waals surface area contributed by atoms with E-state index in [9.17, 15) is 9.59 Å². The quantitative estimate of drug-likeness (QED) is 0.469. The van der Waals surface area contributed by atoms with Gasteiger partial charge in [0, 0.05) is 25.2 Å². The molecule has 0 bridgehead atoms. The summed E-state index contributed by atoms with van der Waals surface area (Å²) in [6, 6.07) is 0.290. The number of nitrogens with one attached hydrogen (secondary N) is 1. The molecule has 4 N–H and O–H groups in total. The van der Waals surface area contributed by atoms with Gasteiger partial charge in [-0.05, 0) is 39.2 Å². The van der Waals surface area contributed by atoms with E-state index in [1.54, 1.807) is 4.57 Å². The number of aromatic nitrogens is 1. The molecule has 2 aromatic rings. The van der Waals surface area contributed by atoms with Crippen LogP contribution in [0.25, 0.3) is 10.9 Å². The molecular formula is C21H27FN4O5. The Labute approximate surface area is 178 Å². The number of nitrogens with two attached hydrogens (primary N) is 1.